The van der Waals surface area contributed by atoms with Crippen LogP contribution < -0.4 is 5.73 Å². The average Bonchev–Trinajstić information content (AvgIpc) is 1.69. The molecule has 0 fully saturated rings. The van der Waals surface area contributed by atoms with Crippen molar-refractivity contribution in [3.63, 3.8) is 0 Å². The zero-order chi connectivity index (χ0) is 89.9. The van der Waals surface area contributed by atoms with E-state index in [-0.39, 0.29) is 91.0 Å². The van der Waals surface area contributed by atoms with Gasteiger partial charge >= 0.3 is 23.9 Å². The van der Waals surface area contributed by atoms with E-state index in [2.05, 4.69) is 72.0 Å². The van der Waals surface area contributed by atoms with E-state index in [0.717, 1.165) is 64.3 Å². The minimum atomic E-state index is -1.67. The van der Waals surface area contributed by atoms with E-state index in [4.69, 9.17) is 45.3 Å². The lowest BCUT2D eigenvalue weighted by Gasteiger charge is -2.15. The van der Waals surface area contributed by atoms with Crippen molar-refractivity contribution < 1.29 is 72.8 Å². The van der Waals surface area contributed by atoms with Crippen LogP contribution in [-0.2, 0) is 51.2 Å². The van der Waals surface area contributed by atoms with Crippen molar-refractivity contribution in [2.75, 3.05) is 27.1 Å². The first kappa shape index (κ1) is 98.3. The van der Waals surface area contributed by atoms with Crippen molar-refractivity contribution in [1.82, 2.24) is 29.9 Å². The van der Waals surface area contributed by atoms with Crippen molar-refractivity contribution in [2.45, 2.75) is 165 Å². The topological polar surface area (TPSA) is 549 Å². The number of nitro groups is 5. The smallest absolute Gasteiger partial charge is 0.340 e. The summed E-state index contributed by atoms with van der Waals surface area (Å²) in [6.45, 7) is 36.5. The molecule has 0 aliphatic heterocycles. The largest absolute Gasteiger partial charge is 0.478 e. The predicted octanol–water partition coefficient (Wildman–Crippen LogP) is 19.9. The number of nitrogens with one attached hydrogen (secondary N) is 6. The quantitative estimate of drug-likeness (QED) is 0.0211. The number of nitrogens with zero attached hydrogens (tertiary/aromatic N) is 7. The maximum absolute atomic E-state index is 11.8. The zero-order valence-corrected chi connectivity index (χ0v) is 70.9. The number of aromatic amines is 6. The second kappa shape index (κ2) is 38.8. The van der Waals surface area contributed by atoms with Crippen molar-refractivity contribution in [2.24, 2.45) is 0 Å². The lowest BCUT2D eigenvalue weighted by Crippen LogP contribution is -2.11. The van der Waals surface area contributed by atoms with Gasteiger partial charge < -0.3 is 60.4 Å². The number of anilines is 1. The first-order valence-electron chi connectivity index (χ1n) is 35.5. The molecule has 0 saturated heterocycles. The molecule has 12 aromatic rings. The third-order valence-corrected chi connectivity index (χ3v) is 17.7. The molecular weight excluding hydrogens is 1600 g/mol. The van der Waals surface area contributed by atoms with E-state index in [1.54, 1.807) is 18.2 Å². The van der Waals surface area contributed by atoms with E-state index in [9.17, 15) is 69.7 Å². The summed E-state index contributed by atoms with van der Waals surface area (Å²) in [6, 6.07) is 31.8. The molecule has 34 nitrogen and oxygen atoms in total. The highest BCUT2D eigenvalue weighted by molar-refractivity contribution is 8.26. The van der Waals surface area contributed by atoms with Crippen LogP contribution in [0.4, 0.5) is 34.1 Å². The van der Waals surface area contributed by atoms with Gasteiger partial charge in [0.15, 0.2) is 0 Å². The van der Waals surface area contributed by atoms with Crippen molar-refractivity contribution in [1.29, 1.82) is 10.5 Å². The second-order valence-corrected chi connectivity index (χ2v) is 35.2. The normalized spacial score (nSPS) is 11.3. The van der Waals surface area contributed by atoms with Gasteiger partial charge in [0, 0.05) is 194 Å². The van der Waals surface area contributed by atoms with Crippen LogP contribution in [0.2, 0.25) is 0 Å². The number of aromatic carboxylic acids is 2. The van der Waals surface area contributed by atoms with Crippen LogP contribution in [0.25, 0.3) is 65.4 Å². The molecule has 0 saturated carbocycles. The molecule has 0 aliphatic rings. The summed E-state index contributed by atoms with van der Waals surface area (Å²) in [5, 5.41) is 102. The minimum absolute atomic E-state index is 0. The van der Waals surface area contributed by atoms with Crippen molar-refractivity contribution >= 4 is 154 Å². The SMILES string of the molecule is C.CC(C)(C)c1cc2cc([N+](=O)[O-])cc(C#N)c2[nH]1.CC(C)(C)c1cc2cc([N+](=O)[O-])cc(C#N)c2[nH]1.CC(C)(C)c1cc2cc([N+](=O)[O-])cc(C(=O)O)c2[nH]1.CC(C)(C)c1cc2cc([N+](=O)[O-])cc(C(=O)O)c2[nH]1.CO.COC(=O)c1cc(N)cc2cc(C(C)(C)C)[nH]c12.COC(=O)c1cc([N+](=O)[O-])cc2cc(C(C)(C)C)[nH]c12.O=S(Cl)Cl. The number of hydrogen-bond donors (Lipinski definition) is 10. The van der Waals surface area contributed by atoms with Crippen LogP contribution in [0.3, 0.4) is 0 Å². The predicted molar refractivity (Wildman–Crippen MR) is 460 cm³/mol. The molecular formula is C82H96Cl2N14O20S. The van der Waals surface area contributed by atoms with Gasteiger partial charge in [-0.15, -0.1) is 0 Å². The Morgan fingerprint density at radius 3 is 0.756 bits per heavy atom. The van der Waals surface area contributed by atoms with Crippen LogP contribution in [0, 0.1) is 73.2 Å². The summed E-state index contributed by atoms with van der Waals surface area (Å²) >= 11 is 0. The summed E-state index contributed by atoms with van der Waals surface area (Å²) in [5.41, 5.74) is 15.1. The van der Waals surface area contributed by atoms with Crippen LogP contribution in [0.1, 0.15) is 219 Å². The monoisotopic (exact) mass is 1700 g/mol. The van der Waals surface area contributed by atoms with E-state index < -0.39 is 51.8 Å². The Morgan fingerprint density at radius 2 is 0.555 bits per heavy atom. The number of nitro benzene ring substituents is 5. The van der Waals surface area contributed by atoms with Gasteiger partial charge in [-0.05, 0) is 48.5 Å². The second-order valence-electron chi connectivity index (χ2n) is 32.7. The fourth-order valence-corrected chi connectivity index (χ4v) is 11.4. The minimum Gasteiger partial charge on any atom is -0.478 e. The van der Waals surface area contributed by atoms with Crippen LogP contribution in [0.15, 0.2) is 109 Å². The Hall–Kier alpha value is -13.1. The molecule has 6 heterocycles. The third-order valence-electron chi connectivity index (χ3n) is 17.7. The fourth-order valence-electron chi connectivity index (χ4n) is 11.4. The number of carboxylic acids is 2. The Morgan fingerprint density at radius 1 is 0.370 bits per heavy atom. The van der Waals surface area contributed by atoms with Crippen molar-refractivity contribution in [3.8, 4) is 12.1 Å². The van der Waals surface area contributed by atoms with Gasteiger partial charge in [0.2, 0.25) is 9.23 Å². The number of H-pyrrole nitrogens is 6. The molecule has 12 rings (SSSR count). The summed E-state index contributed by atoms with van der Waals surface area (Å²) in [5.74, 6) is -3.34. The number of aliphatic hydroxyl groups excluding tert-OH is 1. The van der Waals surface area contributed by atoms with E-state index in [1.807, 2.05) is 146 Å². The van der Waals surface area contributed by atoms with Gasteiger partial charge in [0.1, 0.15) is 12.1 Å². The van der Waals surface area contributed by atoms with Gasteiger partial charge in [-0.25, -0.2) is 23.4 Å². The molecule has 0 aliphatic carbocycles. The molecule has 119 heavy (non-hydrogen) atoms. The average molecular weight is 1700 g/mol. The number of carbonyl (C=O) groups excluding carboxylic acids is 2. The van der Waals surface area contributed by atoms with Crippen LogP contribution >= 0.6 is 21.4 Å². The Labute approximate surface area is 694 Å². The molecule has 11 N–H and O–H groups in total. The fraction of sp³-hybridized carbons (Fsp3) is 0.341. The van der Waals surface area contributed by atoms with Gasteiger partial charge in [-0.3, -0.25) is 50.6 Å². The number of fused-ring (bicyclic) bond motifs is 6. The Balaban J connectivity index is 0.000000296. The van der Waals surface area contributed by atoms with Crippen molar-refractivity contribution in [3.05, 3.63) is 227 Å². The Bertz CT molecular complexity index is 5750. The summed E-state index contributed by atoms with van der Waals surface area (Å²) in [6.07, 6.45) is 0. The van der Waals surface area contributed by atoms with E-state index >= 15 is 0 Å². The highest BCUT2D eigenvalue weighted by Gasteiger charge is 2.29. The maximum atomic E-state index is 11.8. The standard InChI is InChI=1S/C14H16N2O4.C14H18N2O2.2C13H13N3O2.2C13H14N2O4.CH4O.CH4.Cl2OS/c1-14(2,3)11-6-8-5-9(16(18)19)7-10(12(8)15-11)13(17)20-4;1-14(2,3)11-6-8-5-9(15)7-10(12(8)16-11)13(17)18-4;2*1-13(2,3)11-6-8-4-10(16(17)18)5-9(7-14)12(8)15-11;2*1-13(2,3)10-5-7-4-8(15(18)19)6-9(12(16)17)11(7)14-10;1-2;;1-4(2)3/h5-7,15H,1-4H3;5-7,16H,15H2,1-4H3;2*4-6,15H,1-3H3;2*4-6,14H,1-3H3,(H,16,17);2H,1H3;1H4;. The van der Waals surface area contributed by atoms with E-state index in [1.165, 1.54) is 62.8 Å². The molecule has 0 spiro atoms. The number of nitrogen functional groups attached to an aromatic ring is 1. The number of ether oxygens (including phenoxy) is 2. The molecule has 0 bridgehead atoms. The number of esters is 2. The number of non-ortho nitro benzene ring substituents is 5. The summed E-state index contributed by atoms with van der Waals surface area (Å²) < 4.78 is 18.6. The molecule has 0 atom stereocenters. The number of aromatic nitrogens is 6. The molecule has 6 aromatic carbocycles. The number of halogens is 2. The third kappa shape index (κ3) is 25.0. The van der Waals surface area contributed by atoms with E-state index in [0.29, 0.717) is 76.9 Å². The zero-order valence-electron chi connectivity index (χ0n) is 68.5. The molecule has 0 amide bonds. The summed E-state index contributed by atoms with van der Waals surface area (Å²) in [4.78, 5) is 116. The number of carboxylic acid groups (broad SMARTS) is 2. The number of aliphatic hydroxyl groups is 1. The molecule has 0 unspecified atom stereocenters. The molecule has 634 valence electrons. The summed E-state index contributed by atoms with van der Waals surface area (Å²) in [7, 11) is 11.0. The Kier molecular flexibility index (Phi) is 32.0. The van der Waals surface area contributed by atoms with Gasteiger partial charge in [-0.1, -0.05) is 132 Å². The highest BCUT2D eigenvalue weighted by atomic mass is 36.0. The van der Waals surface area contributed by atoms with Gasteiger partial charge in [0.05, 0.1) is 105 Å². The van der Waals surface area contributed by atoms with Crippen LogP contribution in [0.5, 0.6) is 0 Å². The number of rotatable bonds is 9. The maximum Gasteiger partial charge on any atom is 0.340 e. The number of nitriles is 2. The first-order chi connectivity index (χ1) is 54.3. The lowest BCUT2D eigenvalue weighted by atomic mass is 9.92. The molecule has 37 heteroatoms. The van der Waals surface area contributed by atoms with Gasteiger partial charge in [0.25, 0.3) is 28.4 Å². The van der Waals surface area contributed by atoms with Crippen LogP contribution in [-0.4, -0.2) is 119 Å². The van der Waals surface area contributed by atoms with Gasteiger partial charge in [-0.2, -0.15) is 10.5 Å². The number of methoxy groups -OCH3 is 2. The molecule has 6 aromatic heterocycles. The number of carbonyl (C=O) groups is 4. The number of benzene rings is 6. The molecule has 0 radical (unpaired) electrons. The lowest BCUT2D eigenvalue weighted by molar-refractivity contribution is -0.384. The first-order valence-corrected chi connectivity index (χ1v) is 38.3. The highest BCUT2D eigenvalue weighted by Crippen LogP contribution is 2.38. The number of hydrogen-bond acceptors (Lipinski definition) is 21. The number of nitrogens with two attached hydrogens (primary N) is 1.